The highest BCUT2D eigenvalue weighted by Gasteiger charge is 2.28. The molecule has 1 aromatic heterocycles. The van der Waals surface area contributed by atoms with Gasteiger partial charge in [-0.1, -0.05) is 36.8 Å². The van der Waals surface area contributed by atoms with E-state index in [1.165, 1.54) is 24.6 Å². The number of benzene rings is 2. The van der Waals surface area contributed by atoms with E-state index in [0.717, 1.165) is 35.0 Å². The average molecular weight is 364 g/mol. The molecule has 0 atom stereocenters. The van der Waals surface area contributed by atoms with Gasteiger partial charge < -0.3 is 9.73 Å². The van der Waals surface area contributed by atoms with Crippen LogP contribution < -0.4 is 5.32 Å². The summed E-state index contributed by atoms with van der Waals surface area (Å²) in [5.74, 6) is 0.0516. The maximum absolute atomic E-state index is 12.6. The third-order valence-corrected chi connectivity index (χ3v) is 5.82. The van der Waals surface area contributed by atoms with Gasteiger partial charge in [-0.05, 0) is 56.6 Å². The van der Waals surface area contributed by atoms with Gasteiger partial charge in [0.25, 0.3) is 0 Å². The Morgan fingerprint density at radius 2 is 1.89 bits per heavy atom. The van der Waals surface area contributed by atoms with E-state index in [4.69, 9.17) is 4.42 Å². The minimum absolute atomic E-state index is 0.0127. The number of likely N-dealkylation sites (tertiary alicyclic amines) is 1. The van der Waals surface area contributed by atoms with Crippen LogP contribution in [-0.4, -0.2) is 36.0 Å². The first-order valence-corrected chi connectivity index (χ1v) is 9.94. The summed E-state index contributed by atoms with van der Waals surface area (Å²) in [5.41, 5.74) is 1.78. The van der Waals surface area contributed by atoms with Crippen molar-refractivity contribution < 1.29 is 9.21 Å². The summed E-state index contributed by atoms with van der Waals surface area (Å²) in [7, 11) is 0. The molecule has 0 bridgehead atoms. The number of piperidine rings is 1. The predicted molar refractivity (Wildman–Crippen MR) is 110 cm³/mol. The first kappa shape index (κ1) is 18.1. The Labute approximate surface area is 160 Å². The first-order chi connectivity index (χ1) is 13.0. The van der Waals surface area contributed by atoms with Crippen molar-refractivity contribution in [1.82, 2.24) is 10.2 Å². The molecule has 4 rings (SSSR count). The van der Waals surface area contributed by atoms with Gasteiger partial charge in [0.15, 0.2) is 0 Å². The molecule has 4 heteroatoms. The Morgan fingerprint density at radius 3 is 2.70 bits per heavy atom. The van der Waals surface area contributed by atoms with Crippen molar-refractivity contribution in [2.45, 2.75) is 45.1 Å². The zero-order valence-corrected chi connectivity index (χ0v) is 16.3. The quantitative estimate of drug-likeness (QED) is 0.724. The van der Waals surface area contributed by atoms with Crippen LogP contribution in [0.2, 0.25) is 0 Å². The fourth-order valence-corrected chi connectivity index (χ4v) is 4.17. The lowest BCUT2D eigenvalue weighted by molar-refractivity contribution is -0.121. The third kappa shape index (κ3) is 3.72. The predicted octanol–water partition coefficient (Wildman–Crippen LogP) is 4.51. The Kier molecular flexibility index (Phi) is 4.92. The molecule has 2 heterocycles. The largest absolute Gasteiger partial charge is 0.464 e. The van der Waals surface area contributed by atoms with Gasteiger partial charge in [-0.25, -0.2) is 0 Å². The molecule has 0 saturated carbocycles. The average Bonchev–Trinajstić information content (AvgIpc) is 3.10. The number of carbonyl (C=O) groups excluding carboxylic acids is 1. The summed E-state index contributed by atoms with van der Waals surface area (Å²) in [5, 5.41) is 6.51. The van der Waals surface area contributed by atoms with Gasteiger partial charge in [0, 0.05) is 23.0 Å². The smallest absolute Gasteiger partial charge is 0.224 e. The van der Waals surface area contributed by atoms with Crippen LogP contribution >= 0.6 is 0 Å². The molecule has 3 aromatic rings. The van der Waals surface area contributed by atoms with E-state index in [0.29, 0.717) is 13.0 Å². The summed E-state index contributed by atoms with van der Waals surface area (Å²) in [6, 6.07) is 12.3. The molecule has 0 spiro atoms. The standard InChI is InChI=1S/C23H28N2O2/c1-23(2,25-12-6-3-7-13-25)16-24-21(26)14-18-15-27-20-11-10-17-8-4-5-9-19(17)22(18)20/h4-5,8-11,15H,3,6-7,12-14,16H2,1-2H3,(H,24,26). The molecule has 1 aliphatic heterocycles. The second kappa shape index (κ2) is 7.35. The molecule has 1 fully saturated rings. The second-order valence-electron chi connectivity index (χ2n) is 8.23. The van der Waals surface area contributed by atoms with Gasteiger partial charge in [0.1, 0.15) is 5.58 Å². The Balaban J connectivity index is 1.47. The number of fused-ring (bicyclic) bond motifs is 3. The van der Waals surface area contributed by atoms with Crippen LogP contribution in [0.1, 0.15) is 38.7 Å². The van der Waals surface area contributed by atoms with E-state index in [2.05, 4.69) is 42.3 Å². The van der Waals surface area contributed by atoms with E-state index in [1.807, 2.05) is 18.2 Å². The number of nitrogens with zero attached hydrogens (tertiary/aromatic N) is 1. The third-order valence-electron chi connectivity index (χ3n) is 5.82. The molecule has 142 valence electrons. The monoisotopic (exact) mass is 364 g/mol. The Morgan fingerprint density at radius 1 is 1.11 bits per heavy atom. The Hall–Kier alpha value is -2.33. The number of hydrogen-bond acceptors (Lipinski definition) is 3. The molecule has 1 amide bonds. The highest BCUT2D eigenvalue weighted by molar-refractivity contribution is 6.08. The lowest BCUT2D eigenvalue weighted by Crippen LogP contribution is -2.53. The number of nitrogens with one attached hydrogen (secondary N) is 1. The SMILES string of the molecule is CC(C)(CNC(=O)Cc1coc2ccc3ccccc3c12)N1CCCCC1. The zero-order chi connectivity index (χ0) is 18.9. The minimum atomic E-state index is -0.0127. The van der Waals surface area contributed by atoms with Crippen molar-refractivity contribution in [1.29, 1.82) is 0 Å². The first-order valence-electron chi connectivity index (χ1n) is 9.94. The van der Waals surface area contributed by atoms with E-state index in [9.17, 15) is 4.79 Å². The van der Waals surface area contributed by atoms with Crippen LogP contribution in [-0.2, 0) is 11.2 Å². The molecule has 4 nitrogen and oxygen atoms in total. The highest BCUT2D eigenvalue weighted by atomic mass is 16.3. The molecule has 1 saturated heterocycles. The lowest BCUT2D eigenvalue weighted by Gasteiger charge is -2.41. The number of carbonyl (C=O) groups is 1. The minimum Gasteiger partial charge on any atom is -0.464 e. The summed E-state index contributed by atoms with van der Waals surface area (Å²) in [6.45, 7) is 7.36. The molecule has 27 heavy (non-hydrogen) atoms. The van der Waals surface area contributed by atoms with Gasteiger partial charge in [0.05, 0.1) is 12.7 Å². The zero-order valence-electron chi connectivity index (χ0n) is 16.3. The van der Waals surface area contributed by atoms with Crippen LogP contribution in [0.25, 0.3) is 21.7 Å². The van der Waals surface area contributed by atoms with Gasteiger partial charge >= 0.3 is 0 Å². The van der Waals surface area contributed by atoms with Crippen LogP contribution in [0.15, 0.2) is 47.1 Å². The van der Waals surface area contributed by atoms with E-state index >= 15 is 0 Å². The van der Waals surface area contributed by atoms with E-state index in [1.54, 1.807) is 6.26 Å². The lowest BCUT2D eigenvalue weighted by atomic mass is 9.98. The van der Waals surface area contributed by atoms with Crippen molar-refractivity contribution in [2.24, 2.45) is 0 Å². The van der Waals surface area contributed by atoms with Crippen LogP contribution in [0.5, 0.6) is 0 Å². The van der Waals surface area contributed by atoms with E-state index in [-0.39, 0.29) is 11.4 Å². The molecule has 0 aliphatic carbocycles. The van der Waals surface area contributed by atoms with E-state index < -0.39 is 0 Å². The van der Waals surface area contributed by atoms with Gasteiger partial charge in [-0.3, -0.25) is 9.69 Å². The van der Waals surface area contributed by atoms with Crippen LogP contribution in [0.4, 0.5) is 0 Å². The number of amides is 1. The molecule has 1 aliphatic rings. The van der Waals surface area contributed by atoms with Gasteiger partial charge in [-0.15, -0.1) is 0 Å². The molecular formula is C23H28N2O2. The molecule has 2 aromatic carbocycles. The number of hydrogen-bond donors (Lipinski definition) is 1. The van der Waals surface area contributed by atoms with Crippen molar-refractivity contribution in [3.8, 4) is 0 Å². The number of furan rings is 1. The molecular weight excluding hydrogens is 336 g/mol. The fraction of sp³-hybridized carbons (Fsp3) is 0.435. The summed E-state index contributed by atoms with van der Waals surface area (Å²) in [4.78, 5) is 15.1. The van der Waals surface area contributed by atoms with Crippen molar-refractivity contribution in [3.05, 3.63) is 48.2 Å². The normalized spacial score (nSPS) is 16.1. The van der Waals surface area contributed by atoms with Gasteiger partial charge in [-0.2, -0.15) is 0 Å². The molecule has 1 N–H and O–H groups in total. The van der Waals surface area contributed by atoms with Crippen molar-refractivity contribution in [2.75, 3.05) is 19.6 Å². The summed E-state index contributed by atoms with van der Waals surface area (Å²) >= 11 is 0. The van der Waals surface area contributed by atoms with Gasteiger partial charge in [0.2, 0.25) is 5.91 Å². The maximum Gasteiger partial charge on any atom is 0.224 e. The Bertz CT molecular complexity index is 951. The topological polar surface area (TPSA) is 45.5 Å². The van der Waals surface area contributed by atoms with Crippen molar-refractivity contribution in [3.63, 3.8) is 0 Å². The number of rotatable bonds is 5. The maximum atomic E-state index is 12.6. The van der Waals surface area contributed by atoms with Crippen LogP contribution in [0.3, 0.4) is 0 Å². The second-order valence-corrected chi connectivity index (χ2v) is 8.23. The van der Waals surface area contributed by atoms with Crippen molar-refractivity contribution >= 4 is 27.6 Å². The summed E-state index contributed by atoms with van der Waals surface area (Å²) < 4.78 is 5.71. The van der Waals surface area contributed by atoms with Crippen LogP contribution in [0, 0.1) is 0 Å². The molecule has 0 unspecified atom stereocenters. The summed E-state index contributed by atoms with van der Waals surface area (Å²) in [6.07, 6.45) is 5.90. The highest BCUT2D eigenvalue weighted by Crippen LogP contribution is 2.30. The molecule has 0 radical (unpaired) electrons. The fourth-order valence-electron chi connectivity index (χ4n) is 4.17.